The molecular weight excluding hydrogens is 895 g/mol. The monoisotopic (exact) mass is 965 g/mol. The maximum absolute atomic E-state index is 14.4. The number of unbranched alkanes of at least 4 members (excludes halogenated alkanes) is 1. The minimum absolute atomic E-state index is 0. The van der Waals surface area contributed by atoms with Crippen molar-refractivity contribution in [3.63, 3.8) is 0 Å². The molecule has 351 valence electrons. The number of benzene rings is 2. The van der Waals surface area contributed by atoms with Crippen molar-refractivity contribution in [2.45, 2.75) is 128 Å². The molecule has 8 amide bonds. The quantitative estimate of drug-likeness (QED) is 0.0563. The first-order chi connectivity index (χ1) is 29.8. The van der Waals surface area contributed by atoms with Crippen molar-refractivity contribution in [3.8, 4) is 0 Å². The molecule has 0 aliphatic carbocycles. The molecule has 1 fully saturated rings. The molecule has 1 heterocycles. The molecule has 0 spiro atoms. The number of amides is 8. The third-order valence-corrected chi connectivity index (χ3v) is 11.3. The fourth-order valence-corrected chi connectivity index (χ4v) is 7.36. The molecule has 2 aromatic carbocycles. The number of carbonyl (C=O) groups excluding carboxylic acids is 7. The molecule has 18 nitrogen and oxygen atoms in total. The Kier molecular flexibility index (Phi) is 24.0. The molecule has 10 N–H and O–H groups in total. The van der Waals surface area contributed by atoms with Crippen molar-refractivity contribution in [3.05, 3.63) is 65.4 Å². The van der Waals surface area contributed by atoms with E-state index in [-0.39, 0.29) is 63.8 Å². The normalized spacial score (nSPS) is 15.9. The summed E-state index contributed by atoms with van der Waals surface area (Å²) in [5.74, 6) is -2.99. The summed E-state index contributed by atoms with van der Waals surface area (Å²) in [5, 5.41) is 19.3. The van der Waals surface area contributed by atoms with E-state index < -0.39 is 71.8 Å². The Morgan fingerprint density at radius 1 is 0.750 bits per heavy atom. The number of carbonyl (C=O) groups is 7. The van der Waals surface area contributed by atoms with E-state index in [4.69, 9.17) is 11.5 Å². The van der Waals surface area contributed by atoms with Crippen molar-refractivity contribution in [1.29, 1.82) is 0 Å². The second-order valence-corrected chi connectivity index (χ2v) is 17.1. The number of rotatable bonds is 24. The van der Waals surface area contributed by atoms with Crippen molar-refractivity contribution in [1.82, 2.24) is 41.7 Å². The van der Waals surface area contributed by atoms with E-state index in [1.807, 2.05) is 33.0 Å². The molecule has 0 bridgehead atoms. The molecule has 1 aliphatic rings. The summed E-state index contributed by atoms with van der Waals surface area (Å²) in [7, 11) is 5.13. The zero-order valence-electron chi connectivity index (χ0n) is 38.7. The maximum Gasteiger partial charge on any atom is 0.245 e. The van der Waals surface area contributed by atoms with Crippen molar-refractivity contribution in [2.75, 3.05) is 45.3 Å². The van der Waals surface area contributed by atoms with Crippen molar-refractivity contribution in [2.24, 2.45) is 5.92 Å². The summed E-state index contributed by atoms with van der Waals surface area (Å²) in [5.41, 5.74) is 15.5. The first-order valence-corrected chi connectivity index (χ1v) is 21.9. The van der Waals surface area contributed by atoms with Crippen LogP contribution in [0, 0.1) is 5.92 Å². The number of hydrogen-bond acceptors (Lipinski definition) is 10. The zero-order chi connectivity index (χ0) is 46.8. The Morgan fingerprint density at radius 2 is 1.30 bits per heavy atom. The SMILES string of the molecule is CNC(=O)[C@@H](C)NC(=O)[C@@H]1CCCN1C(=O)[C@H](CCCCN(C)C(C)C)NC(=O)[C@H](CC(C)C)NC(=O)[C@@H](Cc1ccc(NC([NH-])=O)cc1)NC(=O)[C@H](Cc1ccc(N)cc1)NC.[Y]. The minimum Gasteiger partial charge on any atom is -0.447 e. The molecule has 1 aliphatic heterocycles. The average Bonchev–Trinajstić information content (AvgIpc) is 3.74. The predicted molar refractivity (Wildman–Crippen MR) is 244 cm³/mol. The van der Waals surface area contributed by atoms with Crippen LogP contribution in [-0.4, -0.2) is 128 Å². The minimum atomic E-state index is -1.16. The van der Waals surface area contributed by atoms with Gasteiger partial charge in [-0.2, -0.15) is 0 Å². The van der Waals surface area contributed by atoms with Crippen LogP contribution < -0.4 is 43.0 Å². The van der Waals surface area contributed by atoms with Crippen LogP contribution in [0.4, 0.5) is 16.2 Å². The summed E-state index contributed by atoms with van der Waals surface area (Å²) >= 11 is 0. The number of nitrogens with zero attached hydrogens (tertiary/aromatic N) is 2. The van der Waals surface area contributed by atoms with Crippen LogP contribution in [0.1, 0.15) is 84.3 Å². The van der Waals surface area contributed by atoms with E-state index in [0.717, 1.165) is 18.5 Å². The third-order valence-electron chi connectivity index (χ3n) is 11.3. The molecule has 0 saturated carbocycles. The van der Waals surface area contributed by atoms with Gasteiger partial charge in [0.1, 0.15) is 30.2 Å². The van der Waals surface area contributed by atoms with E-state index in [0.29, 0.717) is 55.2 Å². The number of likely N-dealkylation sites (N-methyl/N-ethyl adjacent to an activating group) is 2. The number of urea groups is 1. The second-order valence-electron chi connectivity index (χ2n) is 17.1. The van der Waals surface area contributed by atoms with Crippen molar-refractivity contribution >= 4 is 52.8 Å². The van der Waals surface area contributed by atoms with Crippen LogP contribution in [0.2, 0.25) is 0 Å². The molecule has 0 unspecified atom stereocenters. The summed E-state index contributed by atoms with van der Waals surface area (Å²) in [4.78, 5) is 97.5. The van der Waals surface area contributed by atoms with Gasteiger partial charge in [0.05, 0.1) is 6.04 Å². The molecule has 6 atom stereocenters. The fourth-order valence-electron chi connectivity index (χ4n) is 7.36. The Bertz CT molecular complexity index is 1850. The first-order valence-electron chi connectivity index (χ1n) is 21.9. The Hall–Kier alpha value is -4.65. The molecule has 1 radical (unpaired) electrons. The van der Waals surface area contributed by atoms with Gasteiger partial charge in [0.25, 0.3) is 0 Å². The number of anilines is 2. The number of hydrogen-bond donors (Lipinski definition) is 8. The van der Waals surface area contributed by atoms with Gasteiger partial charge in [-0.05, 0) is 121 Å². The van der Waals surface area contributed by atoms with Crippen LogP contribution in [0.15, 0.2) is 48.5 Å². The van der Waals surface area contributed by atoms with Gasteiger partial charge in [-0.1, -0.05) is 50.2 Å². The van der Waals surface area contributed by atoms with Gasteiger partial charge in [-0.3, -0.25) is 33.6 Å². The van der Waals surface area contributed by atoms with Gasteiger partial charge in [0, 0.05) is 64.5 Å². The standard InChI is InChI=1S/C45H71N11O7.Y/c1-27(2)24-36(41(59)52-34(12-9-10-22-55(8)28(3)4)44(62)56-23-11-13-38(56)43(61)50-29(5)39(57)49-7)53-42(60)37(26-31-16-20-33(21-17-31)51-45(47)63)54-40(58)35(48-6)25-30-14-18-32(46)19-15-30;/h14-21,27-29,34-38,48H,9-13,22-26,46H2,1-8H3,(H8,47,49,50,51,52,53,54,57,58,59,60,61,63);/p-1/t29-,34+,35+,36+,37-,38+;/m1./s1. The van der Waals surface area contributed by atoms with Crippen molar-refractivity contribution < 1.29 is 66.3 Å². The van der Waals surface area contributed by atoms with E-state index in [1.54, 1.807) is 50.4 Å². The van der Waals surface area contributed by atoms with Gasteiger partial charge in [0.2, 0.25) is 35.4 Å². The van der Waals surface area contributed by atoms with E-state index >= 15 is 0 Å². The fraction of sp³-hybridized carbons (Fsp3) is 0.578. The molecule has 0 aromatic heterocycles. The van der Waals surface area contributed by atoms with E-state index in [2.05, 4.69) is 56.0 Å². The van der Waals surface area contributed by atoms with Gasteiger partial charge in [-0.15, -0.1) is 0 Å². The molecule has 64 heavy (non-hydrogen) atoms. The first kappa shape index (κ1) is 55.5. The number of nitrogens with one attached hydrogen (secondary N) is 8. The van der Waals surface area contributed by atoms with Gasteiger partial charge < -0.3 is 58.5 Å². The molecule has 2 aromatic rings. The second kappa shape index (κ2) is 27.6. The average molecular weight is 966 g/mol. The topological polar surface area (TPSA) is 260 Å². The number of nitrogen functional groups attached to an aromatic ring is 1. The summed E-state index contributed by atoms with van der Waals surface area (Å²) < 4.78 is 0. The van der Waals surface area contributed by atoms with Crippen LogP contribution in [-0.2, 0) is 74.3 Å². The largest absolute Gasteiger partial charge is 0.447 e. The van der Waals surface area contributed by atoms with Crippen LogP contribution in [0.5, 0.6) is 0 Å². The third kappa shape index (κ3) is 18.1. The molecular formula is C45H70N11O7Y-. The Morgan fingerprint density at radius 3 is 1.86 bits per heavy atom. The zero-order valence-corrected chi connectivity index (χ0v) is 41.6. The number of likely N-dealkylation sites (tertiary alicyclic amines) is 1. The summed E-state index contributed by atoms with van der Waals surface area (Å²) in [6.07, 6.45) is 3.11. The maximum atomic E-state index is 14.4. The van der Waals surface area contributed by atoms with E-state index in [9.17, 15) is 33.6 Å². The summed E-state index contributed by atoms with van der Waals surface area (Å²) in [6, 6.07) is 7.30. The van der Waals surface area contributed by atoms with E-state index in [1.165, 1.54) is 11.9 Å². The number of nitrogens with two attached hydrogens (primary N) is 1. The Balaban J connectivity index is 0.0000141. The molecule has 1 saturated heterocycles. The van der Waals surface area contributed by atoms with Crippen LogP contribution in [0.3, 0.4) is 0 Å². The van der Waals surface area contributed by atoms with Crippen LogP contribution in [0.25, 0.3) is 5.73 Å². The molecule has 3 rings (SSSR count). The summed E-state index contributed by atoms with van der Waals surface area (Å²) in [6.45, 7) is 10.6. The van der Waals surface area contributed by atoms with Crippen LogP contribution >= 0.6 is 0 Å². The Labute approximate surface area is 403 Å². The predicted octanol–water partition coefficient (Wildman–Crippen LogP) is 2.48. The smallest absolute Gasteiger partial charge is 0.245 e. The van der Waals surface area contributed by atoms with Gasteiger partial charge >= 0.3 is 0 Å². The van der Waals surface area contributed by atoms with Gasteiger partial charge in [-0.25, -0.2) is 0 Å². The van der Waals surface area contributed by atoms with Gasteiger partial charge in [0.15, 0.2) is 6.03 Å². The molecule has 19 heteroatoms.